The van der Waals surface area contributed by atoms with Crippen LogP contribution in [0, 0.1) is 0 Å². The minimum absolute atomic E-state index is 0.617. The van der Waals surface area contributed by atoms with E-state index < -0.39 is 0 Å². The van der Waals surface area contributed by atoms with Gasteiger partial charge >= 0.3 is 0 Å². The Bertz CT molecular complexity index is 592. The number of rotatable bonds is 7. The predicted molar refractivity (Wildman–Crippen MR) is 92.4 cm³/mol. The van der Waals surface area contributed by atoms with E-state index in [-0.39, 0.29) is 0 Å². The molecule has 0 fully saturated rings. The van der Waals surface area contributed by atoms with Crippen molar-refractivity contribution in [2.75, 3.05) is 24.7 Å². The van der Waals surface area contributed by atoms with Crippen molar-refractivity contribution in [3.63, 3.8) is 0 Å². The van der Waals surface area contributed by atoms with Crippen LogP contribution in [-0.4, -0.2) is 19.0 Å². The largest absolute Gasteiger partial charge is 0.490 e. The van der Waals surface area contributed by atoms with Crippen LogP contribution >= 0.6 is 27.7 Å². The van der Waals surface area contributed by atoms with Crippen LogP contribution in [0.3, 0.4) is 0 Å². The van der Waals surface area contributed by atoms with Crippen LogP contribution in [0.1, 0.15) is 6.92 Å². The molecule has 0 aliphatic rings. The van der Waals surface area contributed by atoms with Crippen molar-refractivity contribution >= 4 is 33.4 Å². The first-order valence-electron chi connectivity index (χ1n) is 6.73. The second-order valence-corrected chi connectivity index (χ2v) is 6.26. The van der Waals surface area contributed by atoms with E-state index >= 15 is 0 Å². The SMILES string of the molecule is CCOc1ccccc1OCCSc1ccc(N)cc1Br. The molecule has 0 bridgehead atoms. The third kappa shape index (κ3) is 4.86. The van der Waals surface area contributed by atoms with Crippen LogP contribution < -0.4 is 15.2 Å². The van der Waals surface area contributed by atoms with E-state index in [1.807, 2.05) is 49.4 Å². The second kappa shape index (κ2) is 8.20. The fourth-order valence-electron chi connectivity index (χ4n) is 1.78. The van der Waals surface area contributed by atoms with E-state index in [1.54, 1.807) is 11.8 Å². The van der Waals surface area contributed by atoms with E-state index in [0.29, 0.717) is 13.2 Å². The molecule has 0 unspecified atom stereocenters. The van der Waals surface area contributed by atoms with Crippen molar-refractivity contribution in [3.8, 4) is 11.5 Å². The Labute approximate surface area is 138 Å². The van der Waals surface area contributed by atoms with E-state index in [2.05, 4.69) is 15.9 Å². The minimum Gasteiger partial charge on any atom is -0.490 e. The second-order valence-electron chi connectivity index (χ2n) is 4.27. The van der Waals surface area contributed by atoms with Gasteiger partial charge in [0.1, 0.15) is 0 Å². The lowest BCUT2D eigenvalue weighted by Gasteiger charge is -2.11. The molecule has 5 heteroatoms. The summed E-state index contributed by atoms with van der Waals surface area (Å²) in [7, 11) is 0. The number of benzene rings is 2. The lowest BCUT2D eigenvalue weighted by Crippen LogP contribution is -2.02. The van der Waals surface area contributed by atoms with E-state index in [0.717, 1.165) is 32.3 Å². The van der Waals surface area contributed by atoms with Crippen LogP contribution in [0.15, 0.2) is 51.8 Å². The maximum absolute atomic E-state index is 5.79. The molecule has 0 aliphatic heterocycles. The van der Waals surface area contributed by atoms with Gasteiger partial charge in [0.15, 0.2) is 11.5 Å². The molecule has 0 atom stereocenters. The van der Waals surface area contributed by atoms with Crippen LogP contribution in [0.4, 0.5) is 5.69 Å². The third-order valence-electron chi connectivity index (χ3n) is 2.70. The summed E-state index contributed by atoms with van der Waals surface area (Å²) in [6.45, 7) is 3.21. The maximum atomic E-state index is 5.79. The maximum Gasteiger partial charge on any atom is 0.161 e. The van der Waals surface area contributed by atoms with Crippen molar-refractivity contribution in [1.29, 1.82) is 0 Å². The van der Waals surface area contributed by atoms with Gasteiger partial charge in [0, 0.05) is 20.8 Å². The molecule has 0 saturated carbocycles. The van der Waals surface area contributed by atoms with Gasteiger partial charge in [-0.2, -0.15) is 0 Å². The standard InChI is InChI=1S/C16H18BrNO2S/c1-2-19-14-5-3-4-6-15(14)20-9-10-21-16-8-7-12(18)11-13(16)17/h3-8,11H,2,9-10,18H2,1H3. The number of halogens is 1. The molecule has 0 heterocycles. The van der Waals surface area contributed by atoms with E-state index in [1.165, 1.54) is 0 Å². The highest BCUT2D eigenvalue weighted by Gasteiger charge is 2.04. The molecule has 0 spiro atoms. The average molecular weight is 368 g/mol. The topological polar surface area (TPSA) is 44.5 Å². The van der Waals surface area contributed by atoms with Gasteiger partial charge in [-0.3, -0.25) is 0 Å². The van der Waals surface area contributed by atoms with Gasteiger partial charge in [-0.1, -0.05) is 12.1 Å². The molecule has 0 amide bonds. The first-order valence-corrected chi connectivity index (χ1v) is 8.51. The average Bonchev–Trinajstić information content (AvgIpc) is 2.47. The normalized spacial score (nSPS) is 10.4. The Kier molecular flexibility index (Phi) is 6.26. The monoisotopic (exact) mass is 367 g/mol. The fraction of sp³-hybridized carbons (Fsp3) is 0.250. The van der Waals surface area contributed by atoms with Crippen LogP contribution in [0.5, 0.6) is 11.5 Å². The molecule has 21 heavy (non-hydrogen) atoms. The number of nitrogens with two attached hydrogens (primary N) is 1. The Morgan fingerprint density at radius 1 is 1.10 bits per heavy atom. The lowest BCUT2D eigenvalue weighted by molar-refractivity contribution is 0.289. The zero-order valence-corrected chi connectivity index (χ0v) is 14.2. The van der Waals surface area contributed by atoms with Crippen molar-refractivity contribution in [1.82, 2.24) is 0 Å². The number of hydrogen-bond donors (Lipinski definition) is 1. The minimum atomic E-state index is 0.617. The highest BCUT2D eigenvalue weighted by atomic mass is 79.9. The summed E-state index contributed by atoms with van der Waals surface area (Å²) < 4.78 is 12.3. The number of hydrogen-bond acceptors (Lipinski definition) is 4. The Morgan fingerprint density at radius 2 is 1.81 bits per heavy atom. The van der Waals surface area contributed by atoms with Gasteiger partial charge in [-0.25, -0.2) is 0 Å². The number of ether oxygens (including phenoxy) is 2. The quantitative estimate of drug-likeness (QED) is 0.441. The molecule has 0 aromatic heterocycles. The summed E-state index contributed by atoms with van der Waals surface area (Å²) in [4.78, 5) is 1.16. The molecule has 112 valence electrons. The molecule has 2 aromatic carbocycles. The summed E-state index contributed by atoms with van der Waals surface area (Å²) in [5, 5.41) is 0. The first-order chi connectivity index (χ1) is 10.2. The van der Waals surface area contributed by atoms with E-state index in [9.17, 15) is 0 Å². The number of thioether (sulfide) groups is 1. The molecule has 3 nitrogen and oxygen atoms in total. The molecule has 0 aliphatic carbocycles. The summed E-state index contributed by atoms with van der Waals surface area (Å²) in [6, 6.07) is 13.6. The van der Waals surface area contributed by atoms with Crippen LogP contribution in [-0.2, 0) is 0 Å². The number of para-hydroxylation sites is 2. The number of nitrogen functional groups attached to an aromatic ring is 1. The van der Waals surface area contributed by atoms with Gasteiger partial charge in [0.2, 0.25) is 0 Å². The van der Waals surface area contributed by atoms with Gasteiger partial charge < -0.3 is 15.2 Å². The molecule has 2 aromatic rings. The smallest absolute Gasteiger partial charge is 0.161 e. The van der Waals surface area contributed by atoms with Gasteiger partial charge in [-0.15, -0.1) is 11.8 Å². The first kappa shape index (κ1) is 16.0. The van der Waals surface area contributed by atoms with Crippen LogP contribution in [0.25, 0.3) is 0 Å². The summed E-state index contributed by atoms with van der Waals surface area (Å²) >= 11 is 5.24. The molecule has 0 saturated heterocycles. The van der Waals surface area contributed by atoms with Crippen molar-refractivity contribution in [2.45, 2.75) is 11.8 Å². The van der Waals surface area contributed by atoms with Crippen molar-refractivity contribution in [2.24, 2.45) is 0 Å². The zero-order valence-electron chi connectivity index (χ0n) is 11.8. The van der Waals surface area contributed by atoms with Gasteiger partial charge in [0.05, 0.1) is 13.2 Å². The van der Waals surface area contributed by atoms with Crippen LogP contribution in [0.2, 0.25) is 0 Å². The van der Waals surface area contributed by atoms with Crippen molar-refractivity contribution in [3.05, 3.63) is 46.9 Å². The highest BCUT2D eigenvalue weighted by molar-refractivity contribution is 9.10. The molecule has 2 N–H and O–H groups in total. The molecular weight excluding hydrogens is 350 g/mol. The molecule has 2 rings (SSSR count). The highest BCUT2D eigenvalue weighted by Crippen LogP contribution is 2.30. The molecular formula is C16H18BrNO2S. The van der Waals surface area contributed by atoms with Gasteiger partial charge in [0.25, 0.3) is 0 Å². The summed E-state index contributed by atoms with van der Waals surface area (Å²) in [6.07, 6.45) is 0. The Balaban J connectivity index is 1.84. The summed E-state index contributed by atoms with van der Waals surface area (Å²) in [5.41, 5.74) is 6.48. The van der Waals surface area contributed by atoms with E-state index in [4.69, 9.17) is 15.2 Å². The third-order valence-corrected chi connectivity index (χ3v) is 4.66. The predicted octanol–water partition coefficient (Wildman–Crippen LogP) is 4.60. The van der Waals surface area contributed by atoms with Gasteiger partial charge in [-0.05, 0) is 53.2 Å². The summed E-state index contributed by atoms with van der Waals surface area (Å²) in [5.74, 6) is 2.43. The fourth-order valence-corrected chi connectivity index (χ4v) is 3.27. The lowest BCUT2D eigenvalue weighted by atomic mass is 10.3. The van der Waals surface area contributed by atoms with Crippen molar-refractivity contribution < 1.29 is 9.47 Å². The zero-order chi connectivity index (χ0) is 15.1. The molecule has 0 radical (unpaired) electrons. The Morgan fingerprint density at radius 3 is 2.48 bits per heavy atom. The Hall–Kier alpha value is -1.33. The number of anilines is 1.